The number of anilines is 1. The van der Waals surface area contributed by atoms with Crippen molar-refractivity contribution in [3.8, 4) is 5.69 Å². The van der Waals surface area contributed by atoms with Crippen LogP contribution in [-0.4, -0.2) is 31.9 Å². The van der Waals surface area contributed by atoms with E-state index in [-0.39, 0.29) is 11.7 Å². The lowest BCUT2D eigenvalue weighted by Crippen LogP contribution is -2.14. The van der Waals surface area contributed by atoms with Crippen LogP contribution in [0.1, 0.15) is 0 Å². The Bertz CT molecular complexity index is 1090. The van der Waals surface area contributed by atoms with Crippen molar-refractivity contribution in [3.63, 3.8) is 0 Å². The Morgan fingerprint density at radius 3 is 2.67 bits per heavy atom. The molecular weight excluding hydrogens is 382 g/mol. The number of nitrogens with one attached hydrogen (secondary N) is 1. The van der Waals surface area contributed by atoms with Crippen molar-refractivity contribution in [1.82, 2.24) is 20.2 Å². The molecule has 3 aromatic carbocycles. The zero-order valence-electron chi connectivity index (χ0n) is 14.0. The van der Waals surface area contributed by atoms with Gasteiger partial charge in [-0.2, -0.15) is 4.68 Å². The monoisotopic (exact) mass is 395 g/mol. The van der Waals surface area contributed by atoms with Crippen LogP contribution >= 0.6 is 23.4 Å². The summed E-state index contributed by atoms with van der Waals surface area (Å²) >= 11 is 7.18. The Balaban J connectivity index is 1.46. The van der Waals surface area contributed by atoms with Gasteiger partial charge in [-0.3, -0.25) is 4.79 Å². The first-order valence-electron chi connectivity index (χ1n) is 8.15. The second kappa shape index (κ2) is 7.77. The van der Waals surface area contributed by atoms with Gasteiger partial charge in [-0.15, -0.1) is 5.10 Å². The van der Waals surface area contributed by atoms with Crippen molar-refractivity contribution in [2.75, 3.05) is 11.1 Å². The van der Waals surface area contributed by atoms with Gasteiger partial charge < -0.3 is 5.32 Å². The Kier molecular flexibility index (Phi) is 5.04. The van der Waals surface area contributed by atoms with Gasteiger partial charge in [0.05, 0.1) is 11.4 Å². The van der Waals surface area contributed by atoms with Crippen LogP contribution < -0.4 is 5.32 Å². The Labute approximate surface area is 164 Å². The summed E-state index contributed by atoms with van der Waals surface area (Å²) in [5.41, 5.74) is 1.57. The lowest BCUT2D eigenvalue weighted by molar-refractivity contribution is -0.113. The SMILES string of the molecule is O=C(CSc1nnnn1-c1ccc(Cl)cc1)Nc1cccc2ccccc12. The number of amides is 1. The molecule has 1 aromatic heterocycles. The number of rotatable bonds is 5. The van der Waals surface area contributed by atoms with E-state index in [1.54, 1.807) is 16.8 Å². The molecule has 27 heavy (non-hydrogen) atoms. The molecule has 4 aromatic rings. The quantitative estimate of drug-likeness (QED) is 0.513. The fraction of sp³-hybridized carbons (Fsp3) is 0.0526. The molecule has 1 amide bonds. The smallest absolute Gasteiger partial charge is 0.234 e. The molecule has 0 unspecified atom stereocenters. The topological polar surface area (TPSA) is 72.7 Å². The molecule has 0 saturated heterocycles. The molecule has 1 N–H and O–H groups in total. The van der Waals surface area contributed by atoms with Crippen LogP contribution in [-0.2, 0) is 4.79 Å². The zero-order chi connectivity index (χ0) is 18.6. The van der Waals surface area contributed by atoms with E-state index in [1.807, 2.05) is 54.6 Å². The maximum absolute atomic E-state index is 12.4. The summed E-state index contributed by atoms with van der Waals surface area (Å²) in [7, 11) is 0. The van der Waals surface area contributed by atoms with Crippen LogP contribution in [0, 0.1) is 0 Å². The molecule has 0 aliphatic rings. The highest BCUT2D eigenvalue weighted by atomic mass is 35.5. The first-order valence-corrected chi connectivity index (χ1v) is 9.52. The minimum Gasteiger partial charge on any atom is -0.325 e. The van der Waals surface area contributed by atoms with E-state index in [9.17, 15) is 4.79 Å². The molecule has 0 aliphatic carbocycles. The molecule has 0 aliphatic heterocycles. The third-order valence-corrected chi connectivity index (χ3v) is 5.08. The maximum Gasteiger partial charge on any atom is 0.234 e. The minimum absolute atomic E-state index is 0.123. The molecule has 134 valence electrons. The lowest BCUT2D eigenvalue weighted by Gasteiger charge is -2.08. The van der Waals surface area contributed by atoms with E-state index < -0.39 is 0 Å². The molecule has 1 heterocycles. The standard InChI is InChI=1S/C19H14ClN5OS/c20-14-8-10-15(11-9-14)25-19(22-23-24-25)27-12-18(26)21-17-7-3-5-13-4-1-2-6-16(13)17/h1-11H,12H2,(H,21,26). The van der Waals surface area contributed by atoms with Gasteiger partial charge >= 0.3 is 0 Å². The summed E-state index contributed by atoms with van der Waals surface area (Å²) in [6.07, 6.45) is 0. The molecule has 0 atom stereocenters. The summed E-state index contributed by atoms with van der Waals surface area (Å²) in [6, 6.07) is 20.9. The largest absolute Gasteiger partial charge is 0.325 e. The van der Waals surface area contributed by atoms with E-state index >= 15 is 0 Å². The van der Waals surface area contributed by atoms with Crippen LogP contribution in [0.3, 0.4) is 0 Å². The van der Waals surface area contributed by atoms with E-state index in [0.717, 1.165) is 22.1 Å². The molecule has 8 heteroatoms. The summed E-state index contributed by atoms with van der Waals surface area (Å²) < 4.78 is 1.58. The summed E-state index contributed by atoms with van der Waals surface area (Å²) in [5.74, 6) is 0.0685. The first kappa shape index (κ1) is 17.5. The van der Waals surface area contributed by atoms with Crippen molar-refractivity contribution in [3.05, 3.63) is 71.8 Å². The highest BCUT2D eigenvalue weighted by Gasteiger charge is 2.12. The first-order chi connectivity index (χ1) is 13.2. The van der Waals surface area contributed by atoms with E-state index in [0.29, 0.717) is 10.2 Å². The van der Waals surface area contributed by atoms with E-state index in [2.05, 4.69) is 20.8 Å². The maximum atomic E-state index is 12.4. The normalized spacial score (nSPS) is 10.9. The van der Waals surface area contributed by atoms with Crippen LogP contribution in [0.15, 0.2) is 71.9 Å². The average Bonchev–Trinajstić information content (AvgIpc) is 3.16. The minimum atomic E-state index is -0.123. The highest BCUT2D eigenvalue weighted by molar-refractivity contribution is 7.99. The number of hydrogen-bond donors (Lipinski definition) is 1. The highest BCUT2D eigenvalue weighted by Crippen LogP contribution is 2.24. The number of carbonyl (C=O) groups excluding carboxylic acids is 1. The molecule has 4 rings (SSSR count). The van der Waals surface area contributed by atoms with E-state index in [4.69, 9.17) is 11.6 Å². The van der Waals surface area contributed by atoms with Crippen LogP contribution in [0.5, 0.6) is 0 Å². The van der Waals surface area contributed by atoms with E-state index in [1.165, 1.54) is 11.8 Å². The molecule has 0 saturated carbocycles. The Morgan fingerprint density at radius 1 is 1.04 bits per heavy atom. The van der Waals surface area contributed by atoms with Crippen LogP contribution in [0.25, 0.3) is 16.5 Å². The number of benzene rings is 3. The molecule has 0 spiro atoms. The van der Waals surface area contributed by atoms with Gasteiger partial charge in [0, 0.05) is 16.1 Å². The van der Waals surface area contributed by atoms with Crippen molar-refractivity contribution in [2.45, 2.75) is 5.16 Å². The molecular formula is C19H14ClN5OS. The van der Waals surface area contributed by atoms with Crippen LogP contribution in [0.4, 0.5) is 5.69 Å². The number of nitrogens with zero attached hydrogens (tertiary/aromatic N) is 4. The molecule has 0 radical (unpaired) electrons. The number of tetrazole rings is 1. The second-order valence-electron chi connectivity index (χ2n) is 5.71. The third-order valence-electron chi connectivity index (χ3n) is 3.91. The van der Waals surface area contributed by atoms with Gasteiger partial charge in [0.25, 0.3) is 0 Å². The van der Waals surface area contributed by atoms with Crippen molar-refractivity contribution in [2.24, 2.45) is 0 Å². The lowest BCUT2D eigenvalue weighted by atomic mass is 10.1. The number of carbonyl (C=O) groups is 1. The molecule has 0 bridgehead atoms. The van der Waals surface area contributed by atoms with Gasteiger partial charge in [-0.25, -0.2) is 0 Å². The zero-order valence-corrected chi connectivity index (χ0v) is 15.6. The van der Waals surface area contributed by atoms with Crippen molar-refractivity contribution in [1.29, 1.82) is 0 Å². The van der Waals surface area contributed by atoms with Crippen molar-refractivity contribution >= 4 is 45.7 Å². The van der Waals surface area contributed by atoms with Gasteiger partial charge in [-0.05, 0) is 46.1 Å². The fourth-order valence-corrected chi connectivity index (χ4v) is 3.48. The predicted octanol–water partition coefficient (Wildman–Crippen LogP) is 4.20. The summed E-state index contributed by atoms with van der Waals surface area (Å²) in [4.78, 5) is 12.4. The number of fused-ring (bicyclic) bond motifs is 1. The number of halogens is 1. The van der Waals surface area contributed by atoms with Crippen molar-refractivity contribution < 1.29 is 4.79 Å². The Hall–Kier alpha value is -2.90. The van der Waals surface area contributed by atoms with Crippen LogP contribution in [0.2, 0.25) is 5.02 Å². The average molecular weight is 396 g/mol. The number of hydrogen-bond acceptors (Lipinski definition) is 5. The molecule has 0 fully saturated rings. The molecule has 6 nitrogen and oxygen atoms in total. The van der Waals surface area contributed by atoms with Gasteiger partial charge in [0.15, 0.2) is 0 Å². The summed E-state index contributed by atoms with van der Waals surface area (Å²) in [6.45, 7) is 0. The summed E-state index contributed by atoms with van der Waals surface area (Å²) in [5, 5.41) is 17.9. The Morgan fingerprint density at radius 2 is 1.81 bits per heavy atom. The predicted molar refractivity (Wildman–Crippen MR) is 107 cm³/mol. The fourth-order valence-electron chi connectivity index (χ4n) is 2.66. The number of thioether (sulfide) groups is 1. The third kappa shape index (κ3) is 3.94. The van der Waals surface area contributed by atoms with Gasteiger partial charge in [-0.1, -0.05) is 59.8 Å². The van der Waals surface area contributed by atoms with Gasteiger partial charge in [0.1, 0.15) is 0 Å². The number of aromatic nitrogens is 4. The second-order valence-corrected chi connectivity index (χ2v) is 7.09. The van der Waals surface area contributed by atoms with Gasteiger partial charge in [0.2, 0.25) is 11.1 Å².